The number of carbonyl (C=O) groups excluding carboxylic acids is 1. The molecule has 3 rings (SSSR count). The third-order valence-electron chi connectivity index (χ3n) is 4.68. The van der Waals surface area contributed by atoms with E-state index >= 15 is 0 Å². The molecule has 1 amide bonds. The van der Waals surface area contributed by atoms with Crippen molar-refractivity contribution in [1.29, 1.82) is 0 Å². The van der Waals surface area contributed by atoms with E-state index in [0.29, 0.717) is 16.2 Å². The third-order valence-corrected chi connectivity index (χ3v) is 4.94. The number of ether oxygens (including phenoxy) is 1. The third kappa shape index (κ3) is 3.50. The number of carbonyl (C=O) groups is 1. The molecule has 0 atom stereocenters. The Hall–Kier alpha value is -1.26. The lowest BCUT2D eigenvalue weighted by Gasteiger charge is -2.38. The predicted molar refractivity (Wildman–Crippen MR) is 82.7 cm³/mol. The van der Waals surface area contributed by atoms with Crippen LogP contribution >= 0.6 is 11.6 Å². The highest BCUT2D eigenvalue weighted by Crippen LogP contribution is 2.36. The second kappa shape index (κ2) is 6.24. The molecular formula is C16H21ClN2O2. The summed E-state index contributed by atoms with van der Waals surface area (Å²) in [6.45, 7) is 4.03. The van der Waals surface area contributed by atoms with E-state index in [2.05, 4.69) is 5.32 Å². The Morgan fingerprint density at radius 1 is 1.24 bits per heavy atom. The van der Waals surface area contributed by atoms with Crippen molar-refractivity contribution in [2.24, 2.45) is 5.41 Å². The van der Waals surface area contributed by atoms with E-state index in [1.165, 1.54) is 6.42 Å². The Morgan fingerprint density at radius 2 is 1.95 bits per heavy atom. The lowest BCUT2D eigenvalue weighted by Crippen LogP contribution is -2.45. The Morgan fingerprint density at radius 3 is 2.57 bits per heavy atom. The lowest BCUT2D eigenvalue weighted by atomic mass is 9.78. The summed E-state index contributed by atoms with van der Waals surface area (Å²) < 4.78 is 5.53. The van der Waals surface area contributed by atoms with Gasteiger partial charge in [-0.05, 0) is 55.5 Å². The largest absolute Gasteiger partial charge is 0.484 e. The number of amides is 1. The van der Waals surface area contributed by atoms with Gasteiger partial charge in [0.1, 0.15) is 5.75 Å². The van der Waals surface area contributed by atoms with Crippen molar-refractivity contribution in [1.82, 2.24) is 10.2 Å². The molecular weight excluding hydrogens is 288 g/mol. The minimum absolute atomic E-state index is 0.0748. The standard InChI is InChI=1S/C16H21ClN2O2/c17-13-1-3-14(4-2-13)21-11-15(20)19-9-6-16(7-10-19)5-8-18-12-16/h1-4,18H,5-12H2. The molecule has 0 unspecified atom stereocenters. The fraction of sp³-hybridized carbons (Fsp3) is 0.562. The van der Waals surface area contributed by atoms with Crippen LogP contribution < -0.4 is 10.1 Å². The zero-order valence-corrected chi connectivity index (χ0v) is 12.9. The highest BCUT2D eigenvalue weighted by Gasteiger charge is 2.37. The van der Waals surface area contributed by atoms with E-state index in [1.807, 2.05) is 4.90 Å². The fourth-order valence-electron chi connectivity index (χ4n) is 3.22. The van der Waals surface area contributed by atoms with Crippen molar-refractivity contribution in [3.05, 3.63) is 29.3 Å². The summed E-state index contributed by atoms with van der Waals surface area (Å²) in [6.07, 6.45) is 3.45. The van der Waals surface area contributed by atoms with E-state index in [0.717, 1.165) is 39.0 Å². The van der Waals surface area contributed by atoms with Crippen LogP contribution in [-0.2, 0) is 4.79 Å². The van der Waals surface area contributed by atoms with E-state index in [-0.39, 0.29) is 12.5 Å². The number of piperidine rings is 1. The van der Waals surface area contributed by atoms with E-state index in [1.54, 1.807) is 24.3 Å². The molecule has 0 aromatic heterocycles. The number of halogens is 1. The van der Waals surface area contributed by atoms with E-state index < -0.39 is 0 Å². The maximum Gasteiger partial charge on any atom is 0.260 e. The van der Waals surface area contributed by atoms with Gasteiger partial charge >= 0.3 is 0 Å². The van der Waals surface area contributed by atoms with Crippen molar-refractivity contribution < 1.29 is 9.53 Å². The molecule has 2 heterocycles. The van der Waals surface area contributed by atoms with Gasteiger partial charge in [-0.1, -0.05) is 11.6 Å². The summed E-state index contributed by atoms with van der Waals surface area (Å²) in [5.41, 5.74) is 0.438. The molecule has 1 N–H and O–H groups in total. The van der Waals surface area contributed by atoms with Gasteiger partial charge < -0.3 is 15.0 Å². The smallest absolute Gasteiger partial charge is 0.260 e. The van der Waals surface area contributed by atoms with Crippen LogP contribution in [0.4, 0.5) is 0 Å². The average Bonchev–Trinajstić information content (AvgIpc) is 2.95. The van der Waals surface area contributed by atoms with Crippen LogP contribution in [0.3, 0.4) is 0 Å². The first-order valence-electron chi connectivity index (χ1n) is 7.54. The van der Waals surface area contributed by atoms with Gasteiger partial charge in [0.05, 0.1) is 0 Å². The topological polar surface area (TPSA) is 41.6 Å². The van der Waals surface area contributed by atoms with Crippen molar-refractivity contribution in [2.45, 2.75) is 19.3 Å². The Labute approximate surface area is 130 Å². The number of nitrogens with zero attached hydrogens (tertiary/aromatic N) is 1. The van der Waals surface area contributed by atoms with Gasteiger partial charge in [0.2, 0.25) is 0 Å². The summed E-state index contributed by atoms with van der Waals surface area (Å²) in [4.78, 5) is 14.1. The monoisotopic (exact) mass is 308 g/mol. The summed E-state index contributed by atoms with van der Waals surface area (Å²) >= 11 is 5.82. The highest BCUT2D eigenvalue weighted by atomic mass is 35.5. The number of hydrogen-bond donors (Lipinski definition) is 1. The molecule has 5 heteroatoms. The van der Waals surface area contributed by atoms with Crippen LogP contribution in [-0.4, -0.2) is 43.6 Å². The van der Waals surface area contributed by atoms with Crippen LogP contribution in [0.1, 0.15) is 19.3 Å². The molecule has 0 saturated carbocycles. The molecule has 2 saturated heterocycles. The molecule has 114 valence electrons. The number of rotatable bonds is 3. The molecule has 2 aliphatic rings. The van der Waals surface area contributed by atoms with Crippen LogP contribution in [0.25, 0.3) is 0 Å². The van der Waals surface area contributed by atoms with Crippen LogP contribution in [0.2, 0.25) is 5.02 Å². The maximum absolute atomic E-state index is 12.2. The molecule has 4 nitrogen and oxygen atoms in total. The number of hydrogen-bond acceptors (Lipinski definition) is 3. The molecule has 21 heavy (non-hydrogen) atoms. The van der Waals surface area contributed by atoms with Crippen molar-refractivity contribution in [3.63, 3.8) is 0 Å². The minimum atomic E-state index is 0.0748. The predicted octanol–water partition coefficient (Wildman–Crippen LogP) is 2.32. The molecule has 2 aliphatic heterocycles. The lowest BCUT2D eigenvalue weighted by molar-refractivity contribution is -0.135. The van der Waals surface area contributed by atoms with E-state index in [9.17, 15) is 4.79 Å². The van der Waals surface area contributed by atoms with Gasteiger partial charge in [-0.25, -0.2) is 0 Å². The van der Waals surface area contributed by atoms with Gasteiger partial charge in [0.15, 0.2) is 6.61 Å². The summed E-state index contributed by atoms with van der Waals surface area (Å²) in [5.74, 6) is 0.756. The fourth-order valence-corrected chi connectivity index (χ4v) is 3.35. The van der Waals surface area contributed by atoms with Gasteiger partial charge in [0.25, 0.3) is 5.91 Å². The molecule has 1 spiro atoms. The summed E-state index contributed by atoms with van der Waals surface area (Å²) in [7, 11) is 0. The molecule has 2 fully saturated rings. The first kappa shape index (κ1) is 14.7. The van der Waals surface area contributed by atoms with Crippen molar-refractivity contribution in [2.75, 3.05) is 32.8 Å². The highest BCUT2D eigenvalue weighted by molar-refractivity contribution is 6.30. The Bertz CT molecular complexity index is 488. The molecule has 1 aromatic carbocycles. The van der Waals surface area contributed by atoms with Gasteiger partial charge in [-0.2, -0.15) is 0 Å². The first-order chi connectivity index (χ1) is 10.2. The number of benzene rings is 1. The SMILES string of the molecule is O=C(COc1ccc(Cl)cc1)N1CCC2(CCNC2)CC1. The molecule has 0 radical (unpaired) electrons. The molecule has 0 bridgehead atoms. The summed E-state index contributed by atoms with van der Waals surface area (Å²) in [5, 5.41) is 4.11. The minimum Gasteiger partial charge on any atom is -0.484 e. The maximum atomic E-state index is 12.2. The van der Waals surface area contributed by atoms with Crippen LogP contribution in [0.5, 0.6) is 5.75 Å². The van der Waals surface area contributed by atoms with Crippen molar-refractivity contribution >= 4 is 17.5 Å². The zero-order chi connectivity index (χ0) is 14.7. The Kier molecular flexibility index (Phi) is 4.36. The Balaban J connectivity index is 1.47. The second-order valence-electron chi connectivity index (χ2n) is 6.05. The quantitative estimate of drug-likeness (QED) is 0.932. The molecule has 1 aromatic rings. The number of nitrogens with one attached hydrogen (secondary N) is 1. The zero-order valence-electron chi connectivity index (χ0n) is 12.1. The molecule has 0 aliphatic carbocycles. The summed E-state index contributed by atoms with van der Waals surface area (Å²) in [6, 6.07) is 7.09. The second-order valence-corrected chi connectivity index (χ2v) is 6.49. The van der Waals surface area contributed by atoms with Crippen LogP contribution in [0.15, 0.2) is 24.3 Å². The van der Waals surface area contributed by atoms with E-state index in [4.69, 9.17) is 16.3 Å². The van der Waals surface area contributed by atoms with Gasteiger partial charge in [-0.15, -0.1) is 0 Å². The normalized spacial score (nSPS) is 20.7. The van der Waals surface area contributed by atoms with Crippen molar-refractivity contribution in [3.8, 4) is 5.75 Å². The van der Waals surface area contributed by atoms with Crippen LogP contribution in [0, 0.1) is 5.41 Å². The van der Waals surface area contributed by atoms with Gasteiger partial charge in [-0.3, -0.25) is 4.79 Å². The average molecular weight is 309 g/mol. The van der Waals surface area contributed by atoms with Gasteiger partial charge in [0, 0.05) is 24.7 Å². The first-order valence-corrected chi connectivity index (χ1v) is 7.92. The number of likely N-dealkylation sites (tertiary alicyclic amines) is 1.